The molecule has 2 amide bonds. The third-order valence-corrected chi connectivity index (χ3v) is 3.62. The number of amides is 2. The molecule has 0 atom stereocenters. The van der Waals surface area contributed by atoms with Gasteiger partial charge in [-0.3, -0.25) is 29.4 Å². The minimum Gasteiger partial charge on any atom is -0.307 e. The van der Waals surface area contributed by atoms with E-state index in [2.05, 4.69) is 0 Å². The van der Waals surface area contributed by atoms with Crippen LogP contribution >= 0.6 is 0 Å². The highest BCUT2D eigenvalue weighted by Gasteiger charge is 2.34. The third kappa shape index (κ3) is 2.50. The molecule has 0 unspecified atom stereocenters. The first-order valence-electron chi connectivity index (χ1n) is 6.79. The van der Waals surface area contributed by atoms with Crippen molar-refractivity contribution in [3.05, 3.63) is 74.2 Å². The molecule has 0 fully saturated rings. The van der Waals surface area contributed by atoms with E-state index in [-0.39, 0.29) is 18.8 Å². The third-order valence-electron chi connectivity index (χ3n) is 3.62. The Kier molecular flexibility index (Phi) is 3.49. The van der Waals surface area contributed by atoms with Crippen LogP contribution < -0.4 is 5.56 Å². The summed E-state index contributed by atoms with van der Waals surface area (Å²) in [5.74, 6) is -0.854. The molecular formula is C15H11N3O5. The number of imide groups is 1. The smallest absolute Gasteiger partial charge is 0.285 e. The average Bonchev–Trinajstić information content (AvgIpc) is 2.78. The molecule has 2 heterocycles. The van der Waals surface area contributed by atoms with Crippen molar-refractivity contribution in [2.75, 3.05) is 6.54 Å². The van der Waals surface area contributed by atoms with Crippen LogP contribution in [0.2, 0.25) is 0 Å². The number of nitro groups is 1. The maximum absolute atomic E-state index is 12.2. The number of benzene rings is 1. The summed E-state index contributed by atoms with van der Waals surface area (Å²) < 4.78 is 1.11. The lowest BCUT2D eigenvalue weighted by molar-refractivity contribution is -0.385. The summed E-state index contributed by atoms with van der Waals surface area (Å²) >= 11 is 0. The Balaban J connectivity index is 1.81. The molecule has 0 saturated carbocycles. The van der Waals surface area contributed by atoms with E-state index in [1.165, 1.54) is 0 Å². The summed E-state index contributed by atoms with van der Waals surface area (Å²) in [6.07, 6.45) is 1.10. The van der Waals surface area contributed by atoms with E-state index in [9.17, 15) is 24.5 Å². The predicted octanol–water partition coefficient (Wildman–Crippen LogP) is 1.05. The van der Waals surface area contributed by atoms with E-state index >= 15 is 0 Å². The van der Waals surface area contributed by atoms with Crippen LogP contribution in [0.3, 0.4) is 0 Å². The van der Waals surface area contributed by atoms with E-state index in [4.69, 9.17) is 0 Å². The van der Waals surface area contributed by atoms with E-state index in [0.29, 0.717) is 11.1 Å². The molecule has 0 radical (unpaired) electrons. The van der Waals surface area contributed by atoms with Gasteiger partial charge in [0.2, 0.25) is 0 Å². The number of rotatable bonds is 4. The molecule has 3 rings (SSSR count). The Labute approximate surface area is 129 Å². The fourth-order valence-electron chi connectivity index (χ4n) is 2.45. The SMILES string of the molecule is O=C1c2ccccc2C(=O)N1CCn1cc([N+](=O)[O-])ccc1=O. The zero-order valence-corrected chi connectivity index (χ0v) is 11.8. The van der Waals surface area contributed by atoms with E-state index in [1.807, 2.05) is 0 Å². The highest BCUT2D eigenvalue weighted by Crippen LogP contribution is 2.22. The Morgan fingerprint density at radius 1 is 0.913 bits per heavy atom. The van der Waals surface area contributed by atoms with Gasteiger partial charge in [0.05, 0.1) is 22.2 Å². The molecule has 0 N–H and O–H groups in total. The van der Waals surface area contributed by atoms with Gasteiger partial charge in [-0.05, 0) is 12.1 Å². The van der Waals surface area contributed by atoms with Crippen LogP contribution in [0.25, 0.3) is 0 Å². The predicted molar refractivity (Wildman–Crippen MR) is 79.2 cm³/mol. The van der Waals surface area contributed by atoms with Gasteiger partial charge in [0.1, 0.15) is 0 Å². The van der Waals surface area contributed by atoms with Crippen LogP contribution in [-0.2, 0) is 6.54 Å². The first-order valence-corrected chi connectivity index (χ1v) is 6.79. The van der Waals surface area contributed by atoms with Crippen LogP contribution in [-0.4, -0.2) is 32.7 Å². The van der Waals surface area contributed by atoms with Gasteiger partial charge in [0.15, 0.2) is 0 Å². The van der Waals surface area contributed by atoms with Gasteiger partial charge < -0.3 is 4.57 Å². The van der Waals surface area contributed by atoms with Crippen molar-refractivity contribution in [1.82, 2.24) is 9.47 Å². The van der Waals surface area contributed by atoms with Crippen molar-refractivity contribution in [3.63, 3.8) is 0 Å². The minimum atomic E-state index is -0.613. The lowest BCUT2D eigenvalue weighted by Crippen LogP contribution is -2.34. The van der Waals surface area contributed by atoms with Gasteiger partial charge in [0, 0.05) is 25.2 Å². The lowest BCUT2D eigenvalue weighted by Gasteiger charge is -2.14. The zero-order valence-electron chi connectivity index (χ0n) is 11.8. The molecule has 1 aromatic carbocycles. The first-order chi connectivity index (χ1) is 11.0. The summed E-state index contributed by atoms with van der Waals surface area (Å²) in [6, 6.07) is 8.66. The molecule has 1 aliphatic rings. The largest absolute Gasteiger partial charge is 0.307 e. The highest BCUT2D eigenvalue weighted by atomic mass is 16.6. The molecule has 23 heavy (non-hydrogen) atoms. The van der Waals surface area contributed by atoms with E-state index in [1.54, 1.807) is 24.3 Å². The second-order valence-corrected chi connectivity index (χ2v) is 4.98. The van der Waals surface area contributed by atoms with Crippen LogP contribution in [0.1, 0.15) is 20.7 Å². The Morgan fingerprint density at radius 2 is 1.52 bits per heavy atom. The van der Waals surface area contributed by atoms with Crippen molar-refractivity contribution in [2.45, 2.75) is 6.54 Å². The number of hydrogen-bond donors (Lipinski definition) is 0. The van der Waals surface area contributed by atoms with Gasteiger partial charge in [-0.15, -0.1) is 0 Å². The van der Waals surface area contributed by atoms with Gasteiger partial charge in [-0.25, -0.2) is 0 Å². The normalized spacial score (nSPS) is 13.3. The second kappa shape index (κ2) is 5.48. The van der Waals surface area contributed by atoms with Crippen LogP contribution in [0.5, 0.6) is 0 Å². The first kappa shape index (κ1) is 14.6. The Hall–Kier alpha value is -3.29. The van der Waals surface area contributed by atoms with E-state index < -0.39 is 22.3 Å². The Morgan fingerprint density at radius 3 is 2.09 bits per heavy atom. The van der Waals surface area contributed by atoms with Gasteiger partial charge >= 0.3 is 0 Å². The van der Waals surface area contributed by atoms with Crippen molar-refractivity contribution < 1.29 is 14.5 Å². The molecule has 116 valence electrons. The molecule has 0 aliphatic carbocycles. The van der Waals surface area contributed by atoms with Crippen LogP contribution in [0.15, 0.2) is 47.4 Å². The molecule has 8 heteroatoms. The average molecular weight is 313 g/mol. The molecule has 1 aromatic heterocycles. The number of aromatic nitrogens is 1. The van der Waals surface area contributed by atoms with Gasteiger partial charge in [0.25, 0.3) is 23.1 Å². The number of carbonyl (C=O) groups is 2. The molecule has 0 saturated heterocycles. The van der Waals surface area contributed by atoms with Crippen LogP contribution in [0.4, 0.5) is 5.69 Å². The van der Waals surface area contributed by atoms with Crippen molar-refractivity contribution in [1.29, 1.82) is 0 Å². The summed E-state index contributed by atoms with van der Waals surface area (Å²) in [7, 11) is 0. The monoisotopic (exact) mass is 313 g/mol. The fraction of sp³-hybridized carbons (Fsp3) is 0.133. The number of hydrogen-bond acceptors (Lipinski definition) is 5. The minimum absolute atomic E-state index is 0.00795. The fourth-order valence-corrected chi connectivity index (χ4v) is 2.45. The summed E-state index contributed by atoms with van der Waals surface area (Å²) in [4.78, 5) is 47.3. The Bertz CT molecular complexity index is 852. The topological polar surface area (TPSA) is 103 Å². The highest BCUT2D eigenvalue weighted by molar-refractivity contribution is 6.21. The van der Waals surface area contributed by atoms with Crippen LogP contribution in [0, 0.1) is 10.1 Å². The number of fused-ring (bicyclic) bond motifs is 1. The summed E-state index contributed by atoms with van der Waals surface area (Å²) in [5, 5.41) is 10.7. The van der Waals surface area contributed by atoms with Gasteiger partial charge in [-0.2, -0.15) is 0 Å². The zero-order chi connectivity index (χ0) is 16.6. The summed E-state index contributed by atoms with van der Waals surface area (Å²) in [5.41, 5.74) is -0.0213. The van der Waals surface area contributed by atoms with Gasteiger partial charge in [-0.1, -0.05) is 12.1 Å². The molecule has 0 bridgehead atoms. The van der Waals surface area contributed by atoms with E-state index in [0.717, 1.165) is 27.8 Å². The number of carbonyl (C=O) groups excluding carboxylic acids is 2. The lowest BCUT2D eigenvalue weighted by atomic mass is 10.1. The maximum atomic E-state index is 12.2. The molecule has 8 nitrogen and oxygen atoms in total. The molecule has 1 aliphatic heterocycles. The number of pyridine rings is 1. The number of nitrogens with zero attached hydrogens (tertiary/aromatic N) is 3. The van der Waals surface area contributed by atoms with Crippen molar-refractivity contribution >= 4 is 17.5 Å². The molecule has 2 aromatic rings. The molecule has 0 spiro atoms. The molecular weight excluding hydrogens is 302 g/mol. The van der Waals surface area contributed by atoms with Crippen molar-refractivity contribution in [3.8, 4) is 0 Å². The quantitative estimate of drug-likeness (QED) is 0.477. The standard InChI is InChI=1S/C15H11N3O5/c19-13-6-5-10(18(22)23)9-16(13)7-8-17-14(20)11-3-1-2-4-12(11)15(17)21/h1-6,9H,7-8H2. The second-order valence-electron chi connectivity index (χ2n) is 4.98. The summed E-state index contributed by atoms with van der Waals surface area (Å²) in [6.45, 7) is -0.0423. The maximum Gasteiger partial charge on any atom is 0.285 e. The van der Waals surface area contributed by atoms with Crippen molar-refractivity contribution in [2.24, 2.45) is 0 Å².